The molecule has 0 radical (unpaired) electrons. The predicted octanol–water partition coefficient (Wildman–Crippen LogP) is 5.06. The largest absolute Gasteiger partial charge is 0.496 e. The fraction of sp³-hybridized carbons (Fsp3) is 0.481. The Morgan fingerprint density at radius 1 is 1.09 bits per heavy atom. The van der Waals surface area contributed by atoms with E-state index in [1.165, 1.54) is 5.56 Å². The Hall–Kier alpha value is -2.93. The highest BCUT2D eigenvalue weighted by atomic mass is 19.1. The number of alkyl halides is 1. The van der Waals surface area contributed by atoms with Crippen molar-refractivity contribution in [1.29, 1.82) is 0 Å². The second-order valence-electron chi connectivity index (χ2n) is 9.46. The molecule has 0 unspecified atom stereocenters. The zero-order valence-corrected chi connectivity index (χ0v) is 20.3. The molecule has 34 heavy (non-hydrogen) atoms. The maximum atomic E-state index is 15.0. The number of hydrogen-bond donors (Lipinski definition) is 0. The summed E-state index contributed by atoms with van der Waals surface area (Å²) in [7, 11) is 5.49. The Morgan fingerprint density at radius 3 is 2.56 bits per heavy atom. The fourth-order valence-corrected chi connectivity index (χ4v) is 4.88. The predicted molar refractivity (Wildman–Crippen MR) is 134 cm³/mol. The molecule has 2 aromatic carbocycles. The highest BCUT2D eigenvalue weighted by Gasteiger charge is 2.48. The number of rotatable bonds is 8. The van der Waals surface area contributed by atoms with Gasteiger partial charge < -0.3 is 19.3 Å². The third-order valence-corrected chi connectivity index (χ3v) is 7.19. The van der Waals surface area contributed by atoms with Gasteiger partial charge in [-0.25, -0.2) is 14.4 Å². The lowest BCUT2D eigenvalue weighted by molar-refractivity contribution is 0.206. The number of aromatic nitrogens is 2. The van der Waals surface area contributed by atoms with E-state index >= 15 is 4.39 Å². The van der Waals surface area contributed by atoms with Crippen LogP contribution in [0.2, 0.25) is 0 Å². The lowest BCUT2D eigenvalue weighted by atomic mass is 9.88. The molecule has 1 aliphatic heterocycles. The molecule has 0 bridgehead atoms. The highest BCUT2D eigenvalue weighted by Crippen LogP contribution is 2.49. The Kier molecular flexibility index (Phi) is 6.30. The van der Waals surface area contributed by atoms with E-state index in [1.54, 1.807) is 14.2 Å². The first-order chi connectivity index (χ1) is 16.5. The standard InChI is InChI=1S/C27H33FN4O2/c1-31(16-17-33-2)20-8-9-23-22(18-20)25(30-26(29-23)27(28)12-13-27)32-14-10-19(11-15-32)21-6-4-5-7-24(21)34-3/h4-9,18-19H,10-17H2,1-3H3. The van der Waals surface area contributed by atoms with Gasteiger partial charge in [-0.1, -0.05) is 18.2 Å². The molecule has 1 saturated carbocycles. The Bertz CT molecular complexity index is 1160. The number of nitrogens with zero attached hydrogens (tertiary/aromatic N) is 4. The molecule has 0 atom stereocenters. The van der Waals surface area contributed by atoms with Gasteiger partial charge in [-0.15, -0.1) is 0 Å². The minimum absolute atomic E-state index is 0.335. The van der Waals surface area contributed by atoms with Crippen molar-refractivity contribution in [2.75, 3.05) is 57.3 Å². The van der Waals surface area contributed by atoms with Crippen LogP contribution in [-0.4, -0.2) is 57.5 Å². The minimum Gasteiger partial charge on any atom is -0.496 e. The molecule has 180 valence electrons. The highest BCUT2D eigenvalue weighted by molar-refractivity contribution is 5.92. The van der Waals surface area contributed by atoms with Crippen LogP contribution in [0.15, 0.2) is 42.5 Å². The molecule has 7 heteroatoms. The third-order valence-electron chi connectivity index (χ3n) is 7.19. The number of halogens is 1. The third kappa shape index (κ3) is 4.41. The number of likely N-dealkylation sites (N-methyl/N-ethyl adjacent to an activating group) is 1. The van der Waals surface area contributed by atoms with Crippen molar-refractivity contribution in [3.63, 3.8) is 0 Å². The van der Waals surface area contributed by atoms with Crippen molar-refractivity contribution in [2.24, 2.45) is 0 Å². The van der Waals surface area contributed by atoms with E-state index in [0.717, 1.165) is 60.6 Å². The number of hydrogen-bond acceptors (Lipinski definition) is 6. The summed E-state index contributed by atoms with van der Waals surface area (Å²) in [6.07, 6.45) is 3.00. The average molecular weight is 465 g/mol. The summed E-state index contributed by atoms with van der Waals surface area (Å²) in [4.78, 5) is 13.9. The number of methoxy groups -OCH3 is 2. The molecular formula is C27H33FN4O2. The lowest BCUT2D eigenvalue weighted by Gasteiger charge is -2.34. The number of piperidine rings is 1. The summed E-state index contributed by atoms with van der Waals surface area (Å²) in [6.45, 7) is 3.15. The lowest BCUT2D eigenvalue weighted by Crippen LogP contribution is -2.34. The molecule has 0 N–H and O–H groups in total. The van der Waals surface area contributed by atoms with E-state index in [0.29, 0.717) is 31.2 Å². The first-order valence-corrected chi connectivity index (χ1v) is 12.1. The molecule has 6 nitrogen and oxygen atoms in total. The summed E-state index contributed by atoms with van der Waals surface area (Å²) in [6, 6.07) is 14.5. The van der Waals surface area contributed by atoms with E-state index < -0.39 is 5.67 Å². The summed E-state index contributed by atoms with van der Waals surface area (Å²) >= 11 is 0. The molecule has 0 amide bonds. The summed E-state index contributed by atoms with van der Waals surface area (Å²) in [5, 5.41) is 0.977. The van der Waals surface area contributed by atoms with Crippen LogP contribution >= 0.6 is 0 Å². The van der Waals surface area contributed by atoms with Gasteiger partial charge >= 0.3 is 0 Å². The van der Waals surface area contributed by atoms with Crippen molar-refractivity contribution in [3.8, 4) is 5.75 Å². The van der Waals surface area contributed by atoms with Crippen LogP contribution in [0.25, 0.3) is 10.9 Å². The summed E-state index contributed by atoms with van der Waals surface area (Å²) in [5.74, 6) is 2.57. The maximum absolute atomic E-state index is 15.0. The van der Waals surface area contributed by atoms with Crippen molar-refractivity contribution in [2.45, 2.75) is 37.3 Å². The smallest absolute Gasteiger partial charge is 0.170 e. The Labute approximate surface area is 200 Å². The zero-order valence-electron chi connectivity index (χ0n) is 20.3. The van der Waals surface area contributed by atoms with Gasteiger partial charge in [0.1, 0.15) is 11.6 Å². The van der Waals surface area contributed by atoms with Crippen molar-refractivity contribution in [3.05, 3.63) is 53.9 Å². The fourth-order valence-electron chi connectivity index (χ4n) is 4.88. The van der Waals surface area contributed by atoms with Crippen LogP contribution in [0.1, 0.15) is 43.0 Å². The van der Waals surface area contributed by atoms with Gasteiger partial charge in [-0.2, -0.15) is 0 Å². The first kappa shape index (κ1) is 22.8. The van der Waals surface area contributed by atoms with Gasteiger partial charge in [0.2, 0.25) is 0 Å². The molecular weight excluding hydrogens is 431 g/mol. The van der Waals surface area contributed by atoms with Crippen LogP contribution in [-0.2, 0) is 10.4 Å². The molecule has 2 heterocycles. The SMILES string of the molecule is COCCN(C)c1ccc2nc(C3(F)CC3)nc(N3CCC(c4ccccc4OC)CC3)c2c1. The molecule has 5 rings (SSSR count). The molecule has 2 aliphatic rings. The molecule has 2 fully saturated rings. The monoisotopic (exact) mass is 464 g/mol. The number of para-hydroxylation sites is 1. The van der Waals surface area contributed by atoms with Crippen molar-refractivity contribution in [1.82, 2.24) is 9.97 Å². The van der Waals surface area contributed by atoms with E-state index in [2.05, 4.69) is 40.0 Å². The van der Waals surface area contributed by atoms with Crippen LogP contribution < -0.4 is 14.5 Å². The van der Waals surface area contributed by atoms with Gasteiger partial charge in [-0.05, 0) is 61.4 Å². The van der Waals surface area contributed by atoms with E-state index in [-0.39, 0.29) is 0 Å². The molecule has 1 saturated heterocycles. The Balaban J connectivity index is 1.46. The van der Waals surface area contributed by atoms with Gasteiger partial charge in [0.05, 0.1) is 19.2 Å². The molecule has 3 aromatic rings. The average Bonchev–Trinajstić information content (AvgIpc) is 3.64. The topological polar surface area (TPSA) is 50.7 Å². The van der Waals surface area contributed by atoms with Crippen molar-refractivity contribution >= 4 is 22.4 Å². The number of ether oxygens (including phenoxy) is 2. The van der Waals surface area contributed by atoms with Gasteiger partial charge in [0.15, 0.2) is 11.5 Å². The summed E-state index contributed by atoms with van der Waals surface area (Å²) in [5.41, 5.74) is 1.78. The number of anilines is 2. The second-order valence-corrected chi connectivity index (χ2v) is 9.46. The van der Waals surface area contributed by atoms with E-state index in [4.69, 9.17) is 14.5 Å². The number of benzene rings is 2. The van der Waals surface area contributed by atoms with Crippen LogP contribution in [0, 0.1) is 0 Å². The normalized spacial score (nSPS) is 17.7. The first-order valence-electron chi connectivity index (χ1n) is 12.1. The van der Waals surface area contributed by atoms with Crippen LogP contribution in [0.4, 0.5) is 15.9 Å². The molecule has 1 aliphatic carbocycles. The van der Waals surface area contributed by atoms with Crippen molar-refractivity contribution < 1.29 is 13.9 Å². The molecule has 0 spiro atoms. The van der Waals surface area contributed by atoms with Gasteiger partial charge in [0.25, 0.3) is 0 Å². The van der Waals surface area contributed by atoms with Crippen LogP contribution in [0.5, 0.6) is 5.75 Å². The Morgan fingerprint density at radius 2 is 1.85 bits per heavy atom. The quantitative estimate of drug-likeness (QED) is 0.464. The zero-order chi connectivity index (χ0) is 23.7. The maximum Gasteiger partial charge on any atom is 0.170 e. The van der Waals surface area contributed by atoms with Crippen LogP contribution in [0.3, 0.4) is 0 Å². The van der Waals surface area contributed by atoms with E-state index in [9.17, 15) is 0 Å². The molecule has 1 aromatic heterocycles. The van der Waals surface area contributed by atoms with Gasteiger partial charge in [-0.3, -0.25) is 0 Å². The van der Waals surface area contributed by atoms with E-state index in [1.807, 2.05) is 24.3 Å². The van der Waals surface area contributed by atoms with Gasteiger partial charge in [0, 0.05) is 44.9 Å². The summed E-state index contributed by atoms with van der Waals surface area (Å²) < 4.78 is 25.9. The second kappa shape index (κ2) is 9.37. The minimum atomic E-state index is -1.37. The number of fused-ring (bicyclic) bond motifs is 1.